The second-order valence-corrected chi connectivity index (χ2v) is 8.06. The van der Waals surface area contributed by atoms with E-state index in [-0.39, 0.29) is 30.7 Å². The lowest BCUT2D eigenvalue weighted by Gasteiger charge is -2.43. The Morgan fingerprint density at radius 1 is 0.906 bits per heavy atom. The third kappa shape index (κ3) is 4.38. The van der Waals surface area contributed by atoms with Crippen LogP contribution in [-0.2, 0) is 14.9 Å². The molecule has 1 N–H and O–H groups in total. The molecule has 32 heavy (non-hydrogen) atoms. The Morgan fingerprint density at radius 2 is 1.59 bits per heavy atom. The first kappa shape index (κ1) is 22.0. The highest BCUT2D eigenvalue weighted by molar-refractivity contribution is 5.53. The molecule has 6 nitrogen and oxygen atoms in total. The number of aromatic hydroxyl groups is 1. The lowest BCUT2D eigenvalue weighted by Crippen LogP contribution is -2.40. The summed E-state index contributed by atoms with van der Waals surface area (Å²) in [5.74, 6) is 2.39. The van der Waals surface area contributed by atoms with Gasteiger partial charge in [-0.2, -0.15) is 0 Å². The van der Waals surface area contributed by atoms with Crippen molar-refractivity contribution in [3.63, 3.8) is 0 Å². The van der Waals surface area contributed by atoms with Gasteiger partial charge in [0.05, 0.1) is 6.61 Å². The highest BCUT2D eigenvalue weighted by atomic mass is 16.7. The van der Waals surface area contributed by atoms with Gasteiger partial charge >= 0.3 is 0 Å². The summed E-state index contributed by atoms with van der Waals surface area (Å²) in [6.07, 6.45) is 0. The zero-order valence-corrected chi connectivity index (χ0v) is 18.5. The van der Waals surface area contributed by atoms with Crippen molar-refractivity contribution in [3.8, 4) is 23.0 Å². The van der Waals surface area contributed by atoms with Crippen LogP contribution in [0, 0.1) is 0 Å². The van der Waals surface area contributed by atoms with E-state index in [1.54, 1.807) is 20.3 Å². The molecule has 0 amide bonds. The average molecular weight is 437 g/mol. The molecule has 0 aromatic heterocycles. The highest BCUT2D eigenvalue weighted by Crippen LogP contribution is 2.51. The van der Waals surface area contributed by atoms with Crippen LogP contribution in [0.15, 0.2) is 66.7 Å². The van der Waals surface area contributed by atoms with Crippen LogP contribution in [0.3, 0.4) is 0 Å². The molecule has 2 atom stereocenters. The molecule has 3 aromatic carbocycles. The summed E-state index contributed by atoms with van der Waals surface area (Å²) in [5, 5.41) is 10.2. The van der Waals surface area contributed by atoms with Gasteiger partial charge in [-0.15, -0.1) is 0 Å². The maximum atomic E-state index is 10.2. The number of methoxy groups -OCH3 is 2. The minimum atomic E-state index is -0.379. The number of phenolic OH excluding ortho intramolecular Hbond substituents is 1. The predicted octanol–water partition coefficient (Wildman–Crippen LogP) is 4.84. The van der Waals surface area contributed by atoms with Gasteiger partial charge in [0, 0.05) is 37.2 Å². The van der Waals surface area contributed by atoms with Crippen molar-refractivity contribution in [3.05, 3.63) is 83.4 Å². The molecule has 1 aliphatic rings. The van der Waals surface area contributed by atoms with Crippen molar-refractivity contribution >= 4 is 0 Å². The monoisotopic (exact) mass is 436 g/mol. The van der Waals surface area contributed by atoms with Crippen LogP contribution in [0.2, 0.25) is 0 Å². The average Bonchev–Trinajstić information content (AvgIpc) is 2.81. The van der Waals surface area contributed by atoms with Crippen molar-refractivity contribution in [2.45, 2.75) is 18.3 Å². The van der Waals surface area contributed by atoms with Gasteiger partial charge in [-0.05, 0) is 41.5 Å². The van der Waals surface area contributed by atoms with E-state index >= 15 is 0 Å². The van der Waals surface area contributed by atoms with Gasteiger partial charge in [0.2, 0.25) is 0 Å². The van der Waals surface area contributed by atoms with Crippen LogP contribution in [0.5, 0.6) is 23.0 Å². The fraction of sp³-hybridized carbons (Fsp3) is 0.308. The lowest BCUT2D eigenvalue weighted by atomic mass is 9.65. The van der Waals surface area contributed by atoms with Crippen molar-refractivity contribution in [2.24, 2.45) is 0 Å². The van der Waals surface area contributed by atoms with Crippen molar-refractivity contribution < 1.29 is 28.8 Å². The van der Waals surface area contributed by atoms with Crippen molar-refractivity contribution in [1.29, 1.82) is 0 Å². The van der Waals surface area contributed by atoms with Gasteiger partial charge in [-0.3, -0.25) is 0 Å². The standard InChI is InChI=1S/C26H28O6/c1-26(19-7-9-21(10-8-19)31-16-28-2)15-30-24-14-22(32-17-29-3)11-12-23(24)25(26)18-5-4-6-20(27)13-18/h4-14,25,27H,15-17H2,1-3H3. The minimum Gasteiger partial charge on any atom is -0.508 e. The fourth-order valence-corrected chi connectivity index (χ4v) is 4.31. The molecule has 0 bridgehead atoms. The Kier molecular flexibility index (Phi) is 6.53. The Morgan fingerprint density at radius 3 is 2.28 bits per heavy atom. The number of ether oxygens (including phenoxy) is 5. The second kappa shape index (κ2) is 9.51. The quantitative estimate of drug-likeness (QED) is 0.510. The summed E-state index contributed by atoms with van der Waals surface area (Å²) in [6.45, 7) is 3.02. The molecule has 6 heteroatoms. The first-order chi connectivity index (χ1) is 15.5. The maximum Gasteiger partial charge on any atom is 0.188 e. The molecule has 168 valence electrons. The smallest absolute Gasteiger partial charge is 0.188 e. The number of phenols is 1. The summed E-state index contributed by atoms with van der Waals surface area (Å²) < 4.78 is 27.4. The van der Waals surface area contributed by atoms with Gasteiger partial charge in [-0.25, -0.2) is 0 Å². The van der Waals surface area contributed by atoms with Gasteiger partial charge in [0.1, 0.15) is 23.0 Å². The summed E-state index contributed by atoms with van der Waals surface area (Å²) >= 11 is 0. The van der Waals surface area contributed by atoms with Crippen molar-refractivity contribution in [2.75, 3.05) is 34.4 Å². The Hall–Kier alpha value is -3.22. The van der Waals surface area contributed by atoms with Crippen LogP contribution in [-0.4, -0.2) is 39.5 Å². The number of fused-ring (bicyclic) bond motifs is 1. The van der Waals surface area contributed by atoms with E-state index in [9.17, 15) is 5.11 Å². The molecule has 0 radical (unpaired) electrons. The summed E-state index contributed by atoms with van der Waals surface area (Å²) in [5.41, 5.74) is 2.78. The van der Waals surface area contributed by atoms with Gasteiger partial charge in [-0.1, -0.05) is 37.3 Å². The first-order valence-corrected chi connectivity index (χ1v) is 10.4. The van der Waals surface area contributed by atoms with E-state index in [1.165, 1.54) is 0 Å². The Bertz CT molecular complexity index is 1050. The first-order valence-electron chi connectivity index (χ1n) is 10.4. The molecular weight excluding hydrogens is 408 g/mol. The van der Waals surface area contributed by atoms with Gasteiger partial charge in [0.15, 0.2) is 13.6 Å². The molecule has 0 aliphatic carbocycles. The predicted molar refractivity (Wildman–Crippen MR) is 121 cm³/mol. The van der Waals surface area contributed by atoms with E-state index in [0.29, 0.717) is 12.4 Å². The van der Waals surface area contributed by atoms with Crippen LogP contribution in [0.4, 0.5) is 0 Å². The van der Waals surface area contributed by atoms with E-state index in [2.05, 4.69) is 19.1 Å². The molecule has 0 fully saturated rings. The summed E-state index contributed by atoms with van der Waals surface area (Å²) in [6, 6.07) is 21.3. The van der Waals surface area contributed by atoms with Crippen LogP contribution in [0.25, 0.3) is 0 Å². The van der Waals surface area contributed by atoms with Gasteiger partial charge < -0.3 is 28.8 Å². The molecular formula is C26H28O6. The molecule has 4 rings (SSSR count). The van der Waals surface area contributed by atoms with Crippen LogP contribution in [0.1, 0.15) is 29.5 Å². The third-order valence-electron chi connectivity index (χ3n) is 5.86. The number of hydrogen-bond donors (Lipinski definition) is 1. The Balaban J connectivity index is 1.76. The lowest BCUT2D eigenvalue weighted by molar-refractivity contribution is 0.0505. The topological polar surface area (TPSA) is 66.4 Å². The molecule has 3 aromatic rings. The zero-order chi connectivity index (χ0) is 22.6. The fourth-order valence-electron chi connectivity index (χ4n) is 4.31. The number of benzene rings is 3. The second-order valence-electron chi connectivity index (χ2n) is 8.06. The van der Waals surface area contributed by atoms with Crippen LogP contribution >= 0.6 is 0 Å². The normalized spacial score (nSPS) is 19.7. The summed E-state index contributed by atoms with van der Waals surface area (Å²) in [4.78, 5) is 0. The third-order valence-corrected chi connectivity index (χ3v) is 5.86. The van der Waals surface area contributed by atoms with Crippen LogP contribution < -0.4 is 14.2 Å². The molecule has 0 spiro atoms. The van der Waals surface area contributed by atoms with Crippen molar-refractivity contribution in [1.82, 2.24) is 0 Å². The molecule has 0 saturated carbocycles. The molecule has 1 heterocycles. The SMILES string of the molecule is COCOc1ccc(C2(C)COc3cc(OCOC)ccc3C2c2cccc(O)c2)cc1. The maximum absolute atomic E-state index is 10.2. The number of hydrogen-bond acceptors (Lipinski definition) is 6. The van der Waals surface area contributed by atoms with E-state index < -0.39 is 0 Å². The van der Waals surface area contributed by atoms with E-state index in [1.807, 2.05) is 48.5 Å². The molecule has 2 unspecified atom stereocenters. The largest absolute Gasteiger partial charge is 0.508 e. The summed E-state index contributed by atoms with van der Waals surface area (Å²) in [7, 11) is 3.18. The van der Waals surface area contributed by atoms with E-state index in [0.717, 1.165) is 28.2 Å². The number of rotatable bonds is 8. The molecule has 0 saturated heterocycles. The Labute approximate surface area is 188 Å². The van der Waals surface area contributed by atoms with E-state index in [4.69, 9.17) is 23.7 Å². The van der Waals surface area contributed by atoms with Gasteiger partial charge in [0.25, 0.3) is 0 Å². The molecule has 1 aliphatic heterocycles. The zero-order valence-electron chi connectivity index (χ0n) is 18.5. The highest BCUT2D eigenvalue weighted by Gasteiger charge is 2.43. The minimum absolute atomic E-state index is 0.0411.